The molecule has 0 saturated heterocycles. The predicted molar refractivity (Wildman–Crippen MR) is 79.7 cm³/mol. The SMILES string of the molecule is CCS/C(CCCO[Si](C)(C)C(C)(C)C)=N\O. The van der Waals surface area contributed by atoms with Crippen molar-refractivity contribution in [3.63, 3.8) is 0 Å². The third kappa shape index (κ3) is 6.48. The normalized spacial score (nSPS) is 14.1. The maximum Gasteiger partial charge on any atom is 0.191 e. The molecule has 102 valence electrons. The maximum atomic E-state index is 8.78. The van der Waals surface area contributed by atoms with Crippen molar-refractivity contribution < 1.29 is 9.63 Å². The highest BCUT2D eigenvalue weighted by molar-refractivity contribution is 8.13. The molecule has 5 heteroatoms. The van der Waals surface area contributed by atoms with Crippen LogP contribution in [0.15, 0.2) is 5.16 Å². The Labute approximate surface area is 111 Å². The van der Waals surface area contributed by atoms with Crippen LogP contribution in [-0.4, -0.2) is 30.9 Å². The Kier molecular flexibility index (Phi) is 7.43. The summed E-state index contributed by atoms with van der Waals surface area (Å²) in [6.07, 6.45) is 1.74. The fraction of sp³-hybridized carbons (Fsp3) is 0.917. The second-order valence-electron chi connectivity index (χ2n) is 5.64. The standard InChI is InChI=1S/C12H27NO2SSi/c1-7-16-11(13-14)9-8-10-15-17(5,6)12(2,3)4/h14H,7-10H2,1-6H3/b13-11-. The van der Waals surface area contributed by atoms with Crippen molar-refractivity contribution in [2.75, 3.05) is 12.4 Å². The number of oxime groups is 1. The topological polar surface area (TPSA) is 41.8 Å². The first-order valence-corrected chi connectivity index (χ1v) is 10.1. The second-order valence-corrected chi connectivity index (χ2v) is 11.8. The van der Waals surface area contributed by atoms with Crippen LogP contribution in [-0.2, 0) is 4.43 Å². The van der Waals surface area contributed by atoms with Crippen molar-refractivity contribution in [2.45, 2.75) is 58.7 Å². The zero-order chi connectivity index (χ0) is 13.5. The molecular formula is C12H27NO2SSi. The highest BCUT2D eigenvalue weighted by Gasteiger charge is 2.36. The molecule has 0 unspecified atom stereocenters. The molecule has 0 aliphatic heterocycles. The smallest absolute Gasteiger partial charge is 0.191 e. The Balaban J connectivity index is 3.93. The van der Waals surface area contributed by atoms with Gasteiger partial charge in [-0.2, -0.15) is 0 Å². The van der Waals surface area contributed by atoms with E-state index in [9.17, 15) is 0 Å². The number of hydrogen-bond donors (Lipinski definition) is 1. The van der Waals surface area contributed by atoms with Crippen LogP contribution in [0.1, 0.15) is 40.5 Å². The van der Waals surface area contributed by atoms with E-state index < -0.39 is 8.32 Å². The van der Waals surface area contributed by atoms with Crippen LogP contribution in [0.4, 0.5) is 0 Å². The van der Waals surface area contributed by atoms with Gasteiger partial charge >= 0.3 is 0 Å². The lowest BCUT2D eigenvalue weighted by atomic mass is 10.2. The fourth-order valence-corrected chi connectivity index (χ4v) is 2.85. The van der Waals surface area contributed by atoms with Gasteiger partial charge in [-0.15, -0.1) is 11.8 Å². The zero-order valence-corrected chi connectivity index (χ0v) is 13.9. The Morgan fingerprint density at radius 1 is 1.35 bits per heavy atom. The molecule has 0 aromatic heterocycles. The molecule has 0 rings (SSSR count). The van der Waals surface area contributed by atoms with E-state index in [1.807, 2.05) is 0 Å². The number of hydrogen-bond acceptors (Lipinski definition) is 4. The molecule has 0 bridgehead atoms. The van der Waals surface area contributed by atoms with Gasteiger partial charge in [0, 0.05) is 13.0 Å². The molecule has 0 aliphatic carbocycles. The van der Waals surface area contributed by atoms with E-state index in [0.29, 0.717) is 0 Å². The van der Waals surface area contributed by atoms with Crippen LogP contribution in [0.25, 0.3) is 0 Å². The average Bonchev–Trinajstić information content (AvgIpc) is 2.21. The van der Waals surface area contributed by atoms with E-state index in [2.05, 4.69) is 45.9 Å². The minimum absolute atomic E-state index is 0.263. The molecule has 3 nitrogen and oxygen atoms in total. The molecule has 0 spiro atoms. The van der Waals surface area contributed by atoms with Crippen LogP contribution in [0, 0.1) is 0 Å². The van der Waals surface area contributed by atoms with Crippen LogP contribution >= 0.6 is 11.8 Å². The zero-order valence-electron chi connectivity index (χ0n) is 12.0. The average molecular weight is 278 g/mol. The van der Waals surface area contributed by atoms with Gasteiger partial charge in [-0.25, -0.2) is 0 Å². The van der Waals surface area contributed by atoms with Crippen molar-refractivity contribution in [1.29, 1.82) is 0 Å². The molecule has 1 N–H and O–H groups in total. The fourth-order valence-electron chi connectivity index (χ4n) is 1.08. The Morgan fingerprint density at radius 3 is 2.35 bits per heavy atom. The third-order valence-corrected chi connectivity index (χ3v) is 8.67. The van der Waals surface area contributed by atoms with Gasteiger partial charge in [0.25, 0.3) is 0 Å². The summed E-state index contributed by atoms with van der Waals surface area (Å²) in [6, 6.07) is 0. The molecule has 0 aliphatic rings. The van der Waals surface area contributed by atoms with E-state index >= 15 is 0 Å². The molecule has 0 aromatic rings. The summed E-state index contributed by atoms with van der Waals surface area (Å²) in [7, 11) is -1.61. The largest absolute Gasteiger partial charge is 0.417 e. The lowest BCUT2D eigenvalue weighted by molar-refractivity contribution is 0.283. The predicted octanol–water partition coefficient (Wildman–Crippen LogP) is 4.33. The minimum atomic E-state index is -1.61. The van der Waals surface area contributed by atoms with E-state index in [0.717, 1.165) is 30.2 Å². The first-order chi connectivity index (χ1) is 7.74. The Bertz CT molecular complexity index is 249. The lowest BCUT2D eigenvalue weighted by Crippen LogP contribution is -2.41. The van der Waals surface area contributed by atoms with E-state index in [1.165, 1.54) is 0 Å². The van der Waals surface area contributed by atoms with Crippen molar-refractivity contribution >= 4 is 25.1 Å². The van der Waals surface area contributed by atoms with Gasteiger partial charge in [-0.3, -0.25) is 0 Å². The summed E-state index contributed by atoms with van der Waals surface area (Å²) in [4.78, 5) is 0. The first kappa shape index (κ1) is 17.0. The summed E-state index contributed by atoms with van der Waals surface area (Å²) in [6.45, 7) is 14.1. The van der Waals surface area contributed by atoms with Gasteiger partial charge in [0.05, 0.1) is 0 Å². The van der Waals surface area contributed by atoms with Crippen LogP contribution < -0.4 is 0 Å². The van der Waals surface area contributed by atoms with Crippen molar-refractivity contribution in [3.05, 3.63) is 0 Å². The molecule has 0 atom stereocenters. The van der Waals surface area contributed by atoms with E-state index in [1.54, 1.807) is 11.8 Å². The van der Waals surface area contributed by atoms with Gasteiger partial charge in [0.2, 0.25) is 0 Å². The molecule has 0 saturated carbocycles. The Hall–Kier alpha value is -0.00312. The van der Waals surface area contributed by atoms with Gasteiger partial charge in [-0.05, 0) is 30.3 Å². The minimum Gasteiger partial charge on any atom is -0.417 e. The lowest BCUT2D eigenvalue weighted by Gasteiger charge is -2.36. The van der Waals surface area contributed by atoms with Gasteiger partial charge in [0.1, 0.15) is 5.04 Å². The number of nitrogens with zero attached hydrogens (tertiary/aromatic N) is 1. The highest BCUT2D eigenvalue weighted by atomic mass is 32.2. The Morgan fingerprint density at radius 2 is 1.94 bits per heavy atom. The van der Waals surface area contributed by atoms with E-state index in [4.69, 9.17) is 9.63 Å². The highest BCUT2D eigenvalue weighted by Crippen LogP contribution is 2.36. The van der Waals surface area contributed by atoms with Crippen LogP contribution in [0.3, 0.4) is 0 Å². The molecule has 0 radical (unpaired) electrons. The molecule has 0 fully saturated rings. The van der Waals surface area contributed by atoms with Gasteiger partial charge < -0.3 is 9.63 Å². The van der Waals surface area contributed by atoms with E-state index in [-0.39, 0.29) is 5.04 Å². The van der Waals surface area contributed by atoms with Crippen molar-refractivity contribution in [3.8, 4) is 0 Å². The van der Waals surface area contributed by atoms with Crippen molar-refractivity contribution in [1.82, 2.24) is 0 Å². The summed E-state index contributed by atoms with van der Waals surface area (Å²) >= 11 is 1.60. The molecule has 0 heterocycles. The molecule has 0 aromatic carbocycles. The monoisotopic (exact) mass is 277 g/mol. The summed E-state index contributed by atoms with van der Waals surface area (Å²) in [5, 5.41) is 13.2. The summed E-state index contributed by atoms with van der Waals surface area (Å²) in [5.41, 5.74) is 0. The number of thioether (sulfide) groups is 1. The summed E-state index contributed by atoms with van der Waals surface area (Å²) in [5.74, 6) is 0.947. The molecular weight excluding hydrogens is 250 g/mol. The first-order valence-electron chi connectivity index (χ1n) is 6.22. The number of rotatable bonds is 6. The van der Waals surface area contributed by atoms with Crippen molar-refractivity contribution in [2.24, 2.45) is 5.16 Å². The molecule has 0 amide bonds. The van der Waals surface area contributed by atoms with Crippen LogP contribution in [0.5, 0.6) is 0 Å². The summed E-state index contributed by atoms with van der Waals surface area (Å²) < 4.78 is 6.06. The van der Waals surface area contributed by atoms with Gasteiger partial charge in [0.15, 0.2) is 8.32 Å². The molecule has 17 heavy (non-hydrogen) atoms. The van der Waals surface area contributed by atoms with Crippen LogP contribution in [0.2, 0.25) is 18.1 Å². The van der Waals surface area contributed by atoms with Gasteiger partial charge in [-0.1, -0.05) is 32.9 Å². The second kappa shape index (κ2) is 7.44. The maximum absolute atomic E-state index is 8.78. The third-order valence-electron chi connectivity index (χ3n) is 3.23. The quantitative estimate of drug-likeness (QED) is 0.196.